The highest BCUT2D eigenvalue weighted by atomic mass is 16.5. The third kappa shape index (κ3) is 1.26. The SMILES string of the molecule is O=NN1CC(C(=O)O)C2(CCOC2)C1. The van der Waals surface area contributed by atoms with Crippen LogP contribution in [0.25, 0.3) is 0 Å². The molecule has 6 nitrogen and oxygen atoms in total. The molecule has 2 unspecified atom stereocenters. The summed E-state index contributed by atoms with van der Waals surface area (Å²) in [6.45, 7) is 1.63. The number of hydrogen-bond acceptors (Lipinski definition) is 4. The van der Waals surface area contributed by atoms with E-state index in [4.69, 9.17) is 9.84 Å². The van der Waals surface area contributed by atoms with E-state index in [9.17, 15) is 9.70 Å². The van der Waals surface area contributed by atoms with Gasteiger partial charge in [0.05, 0.1) is 24.4 Å². The third-order valence-electron chi connectivity index (χ3n) is 3.18. The highest BCUT2D eigenvalue weighted by Crippen LogP contribution is 2.42. The number of nitroso groups, excluding NO2 is 1. The van der Waals surface area contributed by atoms with Crippen LogP contribution in [0.2, 0.25) is 0 Å². The minimum Gasteiger partial charge on any atom is -0.481 e. The average molecular weight is 200 g/mol. The van der Waals surface area contributed by atoms with Crippen LogP contribution in [-0.4, -0.2) is 42.4 Å². The summed E-state index contributed by atoms with van der Waals surface area (Å²) in [5.74, 6) is -1.38. The lowest BCUT2D eigenvalue weighted by Crippen LogP contribution is -2.35. The smallest absolute Gasteiger partial charge is 0.309 e. The first-order valence-electron chi connectivity index (χ1n) is 4.57. The van der Waals surface area contributed by atoms with Gasteiger partial charge in [-0.15, -0.1) is 4.91 Å². The maximum atomic E-state index is 11.0. The monoisotopic (exact) mass is 200 g/mol. The van der Waals surface area contributed by atoms with Gasteiger partial charge in [-0.3, -0.25) is 9.80 Å². The summed E-state index contributed by atoms with van der Waals surface area (Å²) in [6.07, 6.45) is 0.704. The molecule has 6 heteroatoms. The van der Waals surface area contributed by atoms with Gasteiger partial charge in [0.25, 0.3) is 0 Å². The number of carbonyl (C=O) groups is 1. The van der Waals surface area contributed by atoms with Crippen LogP contribution in [-0.2, 0) is 9.53 Å². The van der Waals surface area contributed by atoms with Crippen LogP contribution in [0, 0.1) is 16.2 Å². The number of aliphatic carboxylic acids is 1. The largest absolute Gasteiger partial charge is 0.481 e. The number of rotatable bonds is 2. The number of ether oxygens (including phenoxy) is 1. The van der Waals surface area contributed by atoms with Crippen LogP contribution in [0.1, 0.15) is 6.42 Å². The van der Waals surface area contributed by atoms with Gasteiger partial charge in [0.15, 0.2) is 0 Å². The molecule has 14 heavy (non-hydrogen) atoms. The van der Waals surface area contributed by atoms with Gasteiger partial charge < -0.3 is 9.84 Å². The lowest BCUT2D eigenvalue weighted by molar-refractivity contribution is -0.144. The molecule has 0 aromatic rings. The van der Waals surface area contributed by atoms with E-state index in [-0.39, 0.29) is 12.0 Å². The first-order chi connectivity index (χ1) is 6.68. The Kier molecular flexibility index (Phi) is 2.14. The van der Waals surface area contributed by atoms with Crippen LogP contribution in [0.15, 0.2) is 5.29 Å². The highest BCUT2D eigenvalue weighted by molar-refractivity contribution is 5.72. The summed E-state index contributed by atoms with van der Waals surface area (Å²) in [5.41, 5.74) is -0.389. The van der Waals surface area contributed by atoms with Crippen molar-refractivity contribution in [2.24, 2.45) is 16.6 Å². The van der Waals surface area contributed by atoms with Crippen molar-refractivity contribution >= 4 is 5.97 Å². The van der Waals surface area contributed by atoms with E-state index in [1.807, 2.05) is 0 Å². The number of carboxylic acid groups (broad SMARTS) is 1. The second kappa shape index (κ2) is 3.20. The van der Waals surface area contributed by atoms with Crippen LogP contribution in [0.4, 0.5) is 0 Å². The lowest BCUT2D eigenvalue weighted by Gasteiger charge is -2.23. The molecule has 2 aliphatic heterocycles. The zero-order valence-electron chi connectivity index (χ0n) is 7.68. The van der Waals surface area contributed by atoms with Gasteiger partial charge >= 0.3 is 5.97 Å². The third-order valence-corrected chi connectivity index (χ3v) is 3.18. The van der Waals surface area contributed by atoms with Gasteiger partial charge in [-0.05, 0) is 6.42 Å². The molecule has 0 aromatic heterocycles. The molecular formula is C8H12N2O4. The fourth-order valence-corrected chi connectivity index (χ4v) is 2.37. The van der Waals surface area contributed by atoms with Gasteiger partial charge in [0.1, 0.15) is 0 Å². The molecule has 2 heterocycles. The Labute approximate surface area is 80.8 Å². The lowest BCUT2D eigenvalue weighted by atomic mass is 9.77. The topological polar surface area (TPSA) is 79.2 Å². The molecule has 2 saturated heterocycles. The molecule has 0 aliphatic carbocycles. The standard InChI is InChI=1S/C8H12N2O4/c11-7(12)6-3-10(9-13)4-8(6)1-2-14-5-8/h6H,1-5H2,(H,11,12). The Bertz CT molecular complexity index is 262. The Morgan fingerprint density at radius 1 is 1.64 bits per heavy atom. The fourth-order valence-electron chi connectivity index (χ4n) is 2.37. The number of nitrogens with zero attached hydrogens (tertiary/aromatic N) is 2. The normalized spacial score (nSPS) is 36.6. The van der Waals surface area contributed by atoms with Crippen LogP contribution < -0.4 is 0 Å². The van der Waals surface area contributed by atoms with E-state index in [2.05, 4.69) is 5.29 Å². The maximum Gasteiger partial charge on any atom is 0.309 e. The summed E-state index contributed by atoms with van der Waals surface area (Å²) in [6, 6.07) is 0. The first-order valence-corrected chi connectivity index (χ1v) is 4.57. The minimum atomic E-state index is -0.860. The van der Waals surface area contributed by atoms with Gasteiger partial charge in [0, 0.05) is 18.6 Å². The molecule has 0 amide bonds. The second-order valence-electron chi connectivity index (χ2n) is 3.98. The van der Waals surface area contributed by atoms with E-state index < -0.39 is 11.9 Å². The molecule has 1 spiro atoms. The second-order valence-corrected chi connectivity index (χ2v) is 3.98. The summed E-state index contributed by atoms with van der Waals surface area (Å²) in [5, 5.41) is 13.1. The molecule has 2 rings (SSSR count). The number of hydrogen-bond donors (Lipinski definition) is 1. The molecule has 78 valence electrons. The van der Waals surface area contributed by atoms with Crippen LogP contribution in [0.3, 0.4) is 0 Å². The predicted octanol–water partition coefficient (Wildman–Crippen LogP) is 0.0909. The Balaban J connectivity index is 2.20. The molecule has 2 fully saturated rings. The van der Waals surface area contributed by atoms with Crippen molar-refractivity contribution in [3.8, 4) is 0 Å². The van der Waals surface area contributed by atoms with E-state index in [0.717, 1.165) is 0 Å². The average Bonchev–Trinajstić information content (AvgIpc) is 2.74. The van der Waals surface area contributed by atoms with Crippen molar-refractivity contribution in [3.63, 3.8) is 0 Å². The van der Waals surface area contributed by atoms with Crippen LogP contribution >= 0.6 is 0 Å². The van der Waals surface area contributed by atoms with E-state index >= 15 is 0 Å². The molecule has 0 radical (unpaired) electrons. The van der Waals surface area contributed by atoms with Gasteiger partial charge in [0.2, 0.25) is 0 Å². The molecule has 0 saturated carbocycles. The summed E-state index contributed by atoms with van der Waals surface area (Å²) >= 11 is 0. The number of carboxylic acids is 1. The zero-order chi connectivity index (χ0) is 10.2. The van der Waals surface area contributed by atoms with E-state index in [0.29, 0.717) is 26.2 Å². The molecule has 0 aromatic carbocycles. The van der Waals surface area contributed by atoms with Crippen LogP contribution in [0.5, 0.6) is 0 Å². The molecule has 2 aliphatic rings. The zero-order valence-corrected chi connectivity index (χ0v) is 7.68. The highest BCUT2D eigenvalue weighted by Gasteiger charge is 2.52. The van der Waals surface area contributed by atoms with Crippen molar-refractivity contribution < 1.29 is 14.6 Å². The summed E-state index contributed by atoms with van der Waals surface area (Å²) in [4.78, 5) is 21.4. The first kappa shape index (κ1) is 9.39. The Morgan fingerprint density at radius 2 is 2.43 bits per heavy atom. The van der Waals surface area contributed by atoms with Gasteiger partial charge in [-0.25, -0.2) is 0 Å². The summed E-state index contributed by atoms with van der Waals surface area (Å²) in [7, 11) is 0. The van der Waals surface area contributed by atoms with Crippen molar-refractivity contribution in [1.82, 2.24) is 5.01 Å². The molecule has 2 atom stereocenters. The predicted molar refractivity (Wildman–Crippen MR) is 46.4 cm³/mol. The Morgan fingerprint density at radius 3 is 2.93 bits per heavy atom. The fraction of sp³-hybridized carbons (Fsp3) is 0.875. The van der Waals surface area contributed by atoms with Gasteiger partial charge in [-0.1, -0.05) is 0 Å². The minimum absolute atomic E-state index is 0.211. The van der Waals surface area contributed by atoms with Gasteiger partial charge in [-0.2, -0.15) is 0 Å². The van der Waals surface area contributed by atoms with E-state index in [1.165, 1.54) is 5.01 Å². The van der Waals surface area contributed by atoms with Crippen molar-refractivity contribution in [3.05, 3.63) is 4.91 Å². The Hall–Kier alpha value is -1.17. The quantitative estimate of drug-likeness (QED) is 0.639. The van der Waals surface area contributed by atoms with E-state index in [1.54, 1.807) is 0 Å². The molecule has 0 bridgehead atoms. The maximum absolute atomic E-state index is 11.0. The molecular weight excluding hydrogens is 188 g/mol. The summed E-state index contributed by atoms with van der Waals surface area (Å²) < 4.78 is 5.22. The molecule has 1 N–H and O–H groups in total. The van der Waals surface area contributed by atoms with Crippen molar-refractivity contribution in [2.45, 2.75) is 6.42 Å². The van der Waals surface area contributed by atoms with Crippen molar-refractivity contribution in [2.75, 3.05) is 26.3 Å². The van der Waals surface area contributed by atoms with Crippen molar-refractivity contribution in [1.29, 1.82) is 0 Å².